The van der Waals surface area contributed by atoms with Gasteiger partial charge in [0.15, 0.2) is 0 Å². The third-order valence-electron chi connectivity index (χ3n) is 6.74. The molecule has 220 valence electrons. The molecule has 2 atom stereocenters. The highest BCUT2D eigenvalue weighted by molar-refractivity contribution is 6.34. The predicted molar refractivity (Wildman–Crippen MR) is 163 cm³/mol. The van der Waals surface area contributed by atoms with Crippen LogP contribution in [0.15, 0.2) is 36.4 Å². The van der Waals surface area contributed by atoms with Gasteiger partial charge in [0.25, 0.3) is 5.91 Å². The summed E-state index contributed by atoms with van der Waals surface area (Å²) in [5.41, 5.74) is 3.16. The second-order valence-electron chi connectivity index (χ2n) is 11.7. The molecule has 0 spiro atoms. The minimum atomic E-state index is -0.942. The number of carbonyl (C=O) groups excluding carboxylic acids is 3. The van der Waals surface area contributed by atoms with Gasteiger partial charge >= 0.3 is 6.09 Å². The Hall–Kier alpha value is -3.06. The lowest BCUT2D eigenvalue weighted by Gasteiger charge is -2.37. The van der Waals surface area contributed by atoms with Gasteiger partial charge in [0.2, 0.25) is 5.91 Å². The third-order valence-corrected chi connectivity index (χ3v) is 7.05. The summed E-state index contributed by atoms with van der Waals surface area (Å²) in [5.74, 6) is -0.949. The Labute approximate surface area is 245 Å². The summed E-state index contributed by atoms with van der Waals surface area (Å²) in [6.07, 6.45) is 1.87. The standard InChI is InChI=1S/C32H46ClN3O4/c1-10-11-12-19-36(30(38)26(20(2)3)35-31(39)40-32(7,8)9)28(25-21(4)15-13-16-22(25)5)29(37)34-27-23(6)17-14-18-24(27)33/h13-18,20,26,28H,10-12,19H2,1-9H3,(H,34,37)(H,35,39). The summed E-state index contributed by atoms with van der Waals surface area (Å²) >= 11 is 6.48. The van der Waals surface area contributed by atoms with Crippen molar-refractivity contribution in [1.29, 1.82) is 0 Å². The molecule has 2 N–H and O–H groups in total. The lowest BCUT2D eigenvalue weighted by molar-refractivity contribution is -0.141. The first kappa shape index (κ1) is 33.1. The molecule has 0 heterocycles. The number of rotatable bonds is 11. The number of hydrogen-bond acceptors (Lipinski definition) is 4. The number of carbonyl (C=O) groups is 3. The first-order valence-corrected chi connectivity index (χ1v) is 14.5. The lowest BCUT2D eigenvalue weighted by atomic mass is 9.92. The van der Waals surface area contributed by atoms with Crippen molar-refractivity contribution in [3.8, 4) is 0 Å². The number of halogens is 1. The van der Waals surface area contributed by atoms with Crippen LogP contribution in [0.5, 0.6) is 0 Å². The van der Waals surface area contributed by atoms with Crippen LogP contribution in [0, 0.1) is 26.7 Å². The second-order valence-corrected chi connectivity index (χ2v) is 12.1. The number of nitrogens with one attached hydrogen (secondary N) is 2. The van der Waals surface area contributed by atoms with Crippen molar-refractivity contribution < 1.29 is 19.1 Å². The molecule has 0 radical (unpaired) electrons. The molecule has 2 rings (SSSR count). The molecule has 0 aliphatic rings. The van der Waals surface area contributed by atoms with E-state index in [4.69, 9.17) is 16.3 Å². The molecule has 2 aromatic carbocycles. The zero-order valence-electron chi connectivity index (χ0n) is 25.5. The minimum absolute atomic E-state index is 0.249. The summed E-state index contributed by atoms with van der Waals surface area (Å²) in [5, 5.41) is 6.22. The average Bonchev–Trinajstić information content (AvgIpc) is 2.84. The van der Waals surface area contributed by atoms with Gasteiger partial charge in [0.05, 0.1) is 10.7 Å². The van der Waals surface area contributed by atoms with Crippen LogP contribution < -0.4 is 10.6 Å². The molecule has 7 nitrogen and oxygen atoms in total. The number of anilines is 1. The molecule has 3 amide bonds. The molecule has 2 unspecified atom stereocenters. The number of hydrogen-bond donors (Lipinski definition) is 2. The molecule has 0 fully saturated rings. The number of para-hydroxylation sites is 1. The Morgan fingerprint density at radius 1 is 0.950 bits per heavy atom. The highest BCUT2D eigenvalue weighted by Crippen LogP contribution is 2.33. The van der Waals surface area contributed by atoms with Gasteiger partial charge in [0, 0.05) is 6.54 Å². The Morgan fingerprint density at radius 3 is 2.05 bits per heavy atom. The first-order chi connectivity index (χ1) is 18.7. The average molecular weight is 572 g/mol. The van der Waals surface area contributed by atoms with Crippen LogP contribution in [0.2, 0.25) is 5.02 Å². The summed E-state index contributed by atoms with van der Waals surface area (Å²) in [4.78, 5) is 43.0. The Balaban J connectivity index is 2.64. The van der Waals surface area contributed by atoms with E-state index in [1.54, 1.807) is 31.7 Å². The topological polar surface area (TPSA) is 87.7 Å². The molecule has 0 bridgehead atoms. The van der Waals surface area contributed by atoms with E-state index in [1.165, 1.54) is 0 Å². The van der Waals surface area contributed by atoms with Gasteiger partial charge in [-0.05, 0) is 82.2 Å². The van der Waals surface area contributed by atoms with Gasteiger partial charge in [-0.25, -0.2) is 4.79 Å². The van der Waals surface area contributed by atoms with Crippen molar-refractivity contribution >= 4 is 35.2 Å². The maximum atomic E-state index is 14.4. The van der Waals surface area contributed by atoms with Gasteiger partial charge in [-0.1, -0.05) is 75.5 Å². The van der Waals surface area contributed by atoms with E-state index in [1.807, 2.05) is 65.0 Å². The van der Waals surface area contributed by atoms with Crippen LogP contribution in [0.25, 0.3) is 0 Å². The smallest absolute Gasteiger partial charge is 0.408 e. The van der Waals surface area contributed by atoms with Crippen LogP contribution in [0.4, 0.5) is 10.5 Å². The van der Waals surface area contributed by atoms with Gasteiger partial charge in [-0.3, -0.25) is 9.59 Å². The number of ether oxygens (including phenoxy) is 1. The fourth-order valence-corrected chi connectivity index (χ4v) is 4.96. The van der Waals surface area contributed by atoms with E-state index in [9.17, 15) is 14.4 Å². The highest BCUT2D eigenvalue weighted by Gasteiger charge is 2.38. The fraction of sp³-hybridized carbons (Fsp3) is 0.531. The molecule has 0 aliphatic heterocycles. The van der Waals surface area contributed by atoms with Crippen LogP contribution in [-0.2, 0) is 14.3 Å². The molecule has 0 saturated carbocycles. The van der Waals surface area contributed by atoms with Gasteiger partial charge in [-0.15, -0.1) is 0 Å². The Bertz CT molecular complexity index is 1150. The number of amides is 3. The predicted octanol–water partition coefficient (Wildman–Crippen LogP) is 7.51. The molecule has 8 heteroatoms. The van der Waals surface area contributed by atoms with E-state index >= 15 is 0 Å². The number of alkyl carbamates (subject to hydrolysis) is 1. The molecule has 0 saturated heterocycles. The zero-order valence-corrected chi connectivity index (χ0v) is 26.2. The molecule has 0 aromatic heterocycles. The largest absolute Gasteiger partial charge is 0.444 e. The van der Waals surface area contributed by atoms with E-state index in [2.05, 4.69) is 17.6 Å². The summed E-state index contributed by atoms with van der Waals surface area (Å²) in [6, 6.07) is 9.41. The van der Waals surface area contributed by atoms with Crippen molar-refractivity contribution in [2.75, 3.05) is 11.9 Å². The number of benzene rings is 2. The summed E-state index contributed by atoms with van der Waals surface area (Å²) < 4.78 is 5.47. The maximum Gasteiger partial charge on any atom is 0.408 e. The lowest BCUT2D eigenvalue weighted by Crippen LogP contribution is -2.54. The summed E-state index contributed by atoms with van der Waals surface area (Å²) in [6.45, 7) is 17.2. The van der Waals surface area contributed by atoms with Crippen molar-refractivity contribution in [2.45, 2.75) is 99.3 Å². The van der Waals surface area contributed by atoms with Crippen molar-refractivity contribution in [1.82, 2.24) is 10.2 Å². The maximum absolute atomic E-state index is 14.4. The molecule has 2 aromatic rings. The SMILES string of the molecule is CCCCCN(C(=O)C(NC(=O)OC(C)(C)C)C(C)C)C(C(=O)Nc1c(C)cccc1Cl)c1c(C)cccc1C. The molecular weight excluding hydrogens is 526 g/mol. The van der Waals surface area contributed by atoms with E-state index in [-0.39, 0.29) is 17.7 Å². The van der Waals surface area contributed by atoms with Crippen molar-refractivity contribution in [2.24, 2.45) is 5.92 Å². The van der Waals surface area contributed by atoms with Crippen LogP contribution in [0.3, 0.4) is 0 Å². The third kappa shape index (κ3) is 8.98. The second kappa shape index (κ2) is 14.5. The first-order valence-electron chi connectivity index (χ1n) is 14.1. The summed E-state index contributed by atoms with van der Waals surface area (Å²) in [7, 11) is 0. The number of unbranched alkanes of at least 4 members (excludes halogenated alkanes) is 2. The Kier molecular flexibility index (Phi) is 12.0. The number of aryl methyl sites for hydroxylation is 3. The van der Waals surface area contributed by atoms with E-state index < -0.39 is 23.8 Å². The minimum Gasteiger partial charge on any atom is -0.444 e. The normalized spacial score (nSPS) is 13.0. The van der Waals surface area contributed by atoms with Gasteiger partial charge in [-0.2, -0.15) is 0 Å². The Morgan fingerprint density at radius 2 is 1.52 bits per heavy atom. The van der Waals surface area contributed by atoms with Crippen LogP contribution >= 0.6 is 11.6 Å². The molecule has 40 heavy (non-hydrogen) atoms. The van der Waals surface area contributed by atoms with E-state index in [0.717, 1.165) is 35.1 Å². The fourth-order valence-electron chi connectivity index (χ4n) is 4.69. The quantitative estimate of drug-likeness (QED) is 0.273. The molecular formula is C32H46ClN3O4. The number of nitrogens with zero attached hydrogens (tertiary/aromatic N) is 1. The van der Waals surface area contributed by atoms with Crippen LogP contribution in [-0.4, -0.2) is 41.0 Å². The van der Waals surface area contributed by atoms with Crippen molar-refractivity contribution in [3.63, 3.8) is 0 Å². The van der Waals surface area contributed by atoms with E-state index in [0.29, 0.717) is 23.7 Å². The van der Waals surface area contributed by atoms with Gasteiger partial charge < -0.3 is 20.3 Å². The molecule has 0 aliphatic carbocycles. The van der Waals surface area contributed by atoms with Gasteiger partial charge in [0.1, 0.15) is 17.7 Å². The van der Waals surface area contributed by atoms with Crippen molar-refractivity contribution in [3.05, 3.63) is 63.7 Å². The zero-order chi connectivity index (χ0) is 30.2. The monoisotopic (exact) mass is 571 g/mol. The highest BCUT2D eigenvalue weighted by atomic mass is 35.5. The van der Waals surface area contributed by atoms with Crippen LogP contribution in [0.1, 0.15) is 89.1 Å².